The van der Waals surface area contributed by atoms with Crippen molar-refractivity contribution in [2.24, 2.45) is 0 Å². The number of amides is 1. The molecule has 47 heavy (non-hydrogen) atoms. The monoisotopic (exact) mass is 638 g/mol. The fourth-order valence-corrected chi connectivity index (χ4v) is 5.62. The number of unbranched alkanes of at least 4 members (excludes halogenated alkanes) is 12. The number of rotatable bonds is 21. The molecule has 1 amide bonds. The van der Waals surface area contributed by atoms with Gasteiger partial charge in [-0.1, -0.05) is 126 Å². The molecule has 2 N–H and O–H groups in total. The van der Waals surface area contributed by atoms with Gasteiger partial charge in [0.05, 0.1) is 11.0 Å². The second kappa shape index (κ2) is 21.4. The van der Waals surface area contributed by atoms with Gasteiger partial charge in [0.25, 0.3) is 11.6 Å². The number of carbonyl (C=O) groups is 2. The Morgan fingerprint density at radius 2 is 1.38 bits per heavy atom. The number of nitro benzene ring substituents is 1. The number of Topliss-reactive ketones (excluding diaryl/α,β-unsaturated/α-hetero) is 1. The summed E-state index contributed by atoms with van der Waals surface area (Å²) in [6, 6.07) is 19.4. The van der Waals surface area contributed by atoms with E-state index < -0.39 is 16.9 Å². The highest BCUT2D eigenvalue weighted by Crippen LogP contribution is 2.21. The molecule has 0 aromatic heterocycles. The summed E-state index contributed by atoms with van der Waals surface area (Å²) in [5, 5.41) is 24.1. The van der Waals surface area contributed by atoms with E-state index in [2.05, 4.69) is 24.1 Å². The molecule has 0 heterocycles. The van der Waals surface area contributed by atoms with Crippen LogP contribution in [-0.2, 0) is 11.2 Å². The predicted octanol–water partition coefficient (Wildman–Crippen LogP) is 9.48. The number of nitrogens with one attached hydrogen (secondary N) is 1. The Balaban J connectivity index is 1.56. The number of aryl methyl sites for hydroxylation is 1. The van der Waals surface area contributed by atoms with Gasteiger partial charge in [-0.2, -0.15) is 0 Å². The van der Waals surface area contributed by atoms with Crippen LogP contribution >= 0.6 is 0 Å². The topological polar surface area (TPSA) is 110 Å². The maximum absolute atomic E-state index is 13.4. The van der Waals surface area contributed by atoms with Crippen LogP contribution in [0.25, 0.3) is 0 Å². The number of hydrogen-bond acceptors (Lipinski definition) is 5. The molecule has 0 fully saturated rings. The van der Waals surface area contributed by atoms with Gasteiger partial charge in [0.2, 0.25) is 0 Å². The van der Waals surface area contributed by atoms with Gasteiger partial charge < -0.3 is 10.4 Å². The Kier molecular flexibility index (Phi) is 16.8. The van der Waals surface area contributed by atoms with E-state index in [0.717, 1.165) is 24.8 Å². The molecular formula is C40H50N2O5. The quantitative estimate of drug-likeness (QED) is 0.0523. The van der Waals surface area contributed by atoms with Crippen molar-refractivity contribution in [1.82, 2.24) is 5.32 Å². The molecule has 0 aliphatic rings. The number of nitrogens with zero attached hydrogens (tertiary/aromatic N) is 1. The van der Waals surface area contributed by atoms with E-state index in [0.29, 0.717) is 24.8 Å². The molecule has 3 aromatic carbocycles. The van der Waals surface area contributed by atoms with Crippen molar-refractivity contribution in [3.05, 3.63) is 105 Å². The number of hydrogen-bond donors (Lipinski definition) is 2. The third-order valence-electron chi connectivity index (χ3n) is 8.45. The molecule has 0 radical (unpaired) electrons. The molecule has 3 aromatic rings. The zero-order valence-electron chi connectivity index (χ0n) is 27.8. The standard InChI is InChI=1S/C40H50N2O5/c1-2-3-4-5-6-7-8-9-10-11-12-13-17-20-39(44)37(29-24-32-18-15-14-16-19-32)41-40(45)35-26-30-38(42(46)47)34(31-35)25-21-33-22-27-36(43)28-23-33/h14-16,18-19,22-23,26-28,30-31,37,43H,2-13,17,20,24,29H2,1H3,(H,41,45)/t37-/m0/s1. The zero-order valence-corrected chi connectivity index (χ0v) is 27.8. The van der Waals surface area contributed by atoms with Crippen molar-refractivity contribution in [1.29, 1.82) is 0 Å². The Labute approximate surface area is 280 Å². The van der Waals surface area contributed by atoms with Crippen LogP contribution in [0, 0.1) is 22.0 Å². The number of nitro groups is 1. The van der Waals surface area contributed by atoms with Crippen molar-refractivity contribution in [3.63, 3.8) is 0 Å². The lowest BCUT2D eigenvalue weighted by atomic mass is 9.97. The summed E-state index contributed by atoms with van der Waals surface area (Å²) >= 11 is 0. The van der Waals surface area contributed by atoms with E-state index in [1.165, 1.54) is 94.5 Å². The number of phenols is 1. The number of benzene rings is 3. The van der Waals surface area contributed by atoms with Gasteiger partial charge in [0.15, 0.2) is 5.78 Å². The maximum Gasteiger partial charge on any atom is 0.284 e. The highest BCUT2D eigenvalue weighted by Gasteiger charge is 2.22. The Morgan fingerprint density at radius 3 is 1.98 bits per heavy atom. The van der Waals surface area contributed by atoms with E-state index in [1.54, 1.807) is 12.1 Å². The molecule has 0 spiro atoms. The summed E-state index contributed by atoms with van der Waals surface area (Å²) < 4.78 is 0. The van der Waals surface area contributed by atoms with Gasteiger partial charge in [-0.15, -0.1) is 0 Å². The van der Waals surface area contributed by atoms with E-state index in [1.807, 2.05) is 30.3 Å². The average Bonchev–Trinajstić information content (AvgIpc) is 3.08. The first-order chi connectivity index (χ1) is 22.9. The van der Waals surface area contributed by atoms with Gasteiger partial charge in [-0.25, -0.2) is 0 Å². The van der Waals surface area contributed by atoms with Crippen LogP contribution in [0.5, 0.6) is 5.75 Å². The molecule has 0 aliphatic heterocycles. The number of carbonyl (C=O) groups excluding carboxylic acids is 2. The van der Waals surface area contributed by atoms with E-state index in [9.17, 15) is 24.8 Å². The zero-order chi connectivity index (χ0) is 33.7. The normalized spacial score (nSPS) is 11.3. The molecular weight excluding hydrogens is 588 g/mol. The SMILES string of the molecule is CCCCCCCCCCCCCCCC(=O)[C@H](CCc1ccccc1)NC(=O)c1ccc([N+](=O)[O-])c(C#Cc2ccc(O)cc2)c1. The second-order valence-corrected chi connectivity index (χ2v) is 12.3. The summed E-state index contributed by atoms with van der Waals surface area (Å²) in [6.45, 7) is 2.25. The van der Waals surface area contributed by atoms with Crippen LogP contribution in [0.3, 0.4) is 0 Å². The second-order valence-electron chi connectivity index (χ2n) is 12.3. The van der Waals surface area contributed by atoms with Crippen molar-refractivity contribution >= 4 is 17.4 Å². The summed E-state index contributed by atoms with van der Waals surface area (Å²) in [5.41, 5.74) is 1.72. The fraction of sp³-hybridized carbons (Fsp3) is 0.450. The molecule has 7 heteroatoms. The van der Waals surface area contributed by atoms with E-state index in [-0.39, 0.29) is 28.3 Å². The van der Waals surface area contributed by atoms with Crippen LogP contribution < -0.4 is 5.32 Å². The first kappa shape index (κ1) is 37.0. The largest absolute Gasteiger partial charge is 0.508 e. The third kappa shape index (κ3) is 14.2. The lowest BCUT2D eigenvalue weighted by Crippen LogP contribution is -2.41. The van der Waals surface area contributed by atoms with Crippen molar-refractivity contribution in [2.45, 2.75) is 116 Å². The third-order valence-corrected chi connectivity index (χ3v) is 8.45. The molecule has 1 atom stereocenters. The van der Waals surface area contributed by atoms with Gasteiger partial charge in [0, 0.05) is 23.6 Å². The van der Waals surface area contributed by atoms with E-state index in [4.69, 9.17) is 0 Å². The highest BCUT2D eigenvalue weighted by atomic mass is 16.6. The molecule has 250 valence electrons. The average molecular weight is 639 g/mol. The summed E-state index contributed by atoms with van der Waals surface area (Å²) in [5.74, 6) is 5.28. The Bertz CT molecular complexity index is 1460. The van der Waals surface area contributed by atoms with Crippen LogP contribution in [0.2, 0.25) is 0 Å². The molecule has 0 saturated carbocycles. The molecule has 7 nitrogen and oxygen atoms in total. The Morgan fingerprint density at radius 1 is 0.787 bits per heavy atom. The lowest BCUT2D eigenvalue weighted by Gasteiger charge is -2.18. The minimum Gasteiger partial charge on any atom is -0.508 e. The van der Waals surface area contributed by atoms with Crippen LogP contribution in [0.4, 0.5) is 5.69 Å². The first-order valence-corrected chi connectivity index (χ1v) is 17.3. The summed E-state index contributed by atoms with van der Waals surface area (Å²) in [7, 11) is 0. The van der Waals surface area contributed by atoms with Crippen molar-refractivity contribution < 1.29 is 19.6 Å². The van der Waals surface area contributed by atoms with Crippen LogP contribution in [0.1, 0.15) is 130 Å². The van der Waals surface area contributed by atoms with Crippen LogP contribution in [-0.4, -0.2) is 27.8 Å². The first-order valence-electron chi connectivity index (χ1n) is 17.3. The molecule has 0 bridgehead atoms. The fourth-order valence-electron chi connectivity index (χ4n) is 5.62. The number of phenolic OH excluding ortho intramolecular Hbond substituents is 1. The van der Waals surface area contributed by atoms with Crippen molar-refractivity contribution in [3.8, 4) is 17.6 Å². The number of ketones is 1. The van der Waals surface area contributed by atoms with Gasteiger partial charge >= 0.3 is 0 Å². The number of aromatic hydroxyl groups is 1. The summed E-state index contributed by atoms with van der Waals surface area (Å²) in [4.78, 5) is 37.9. The lowest BCUT2D eigenvalue weighted by molar-refractivity contribution is -0.385. The predicted molar refractivity (Wildman–Crippen MR) is 189 cm³/mol. The highest BCUT2D eigenvalue weighted by molar-refractivity contribution is 5.98. The smallest absolute Gasteiger partial charge is 0.284 e. The molecule has 0 aliphatic carbocycles. The summed E-state index contributed by atoms with van der Waals surface area (Å²) in [6.07, 6.45) is 17.5. The van der Waals surface area contributed by atoms with Crippen LogP contribution in [0.15, 0.2) is 72.8 Å². The Hall–Kier alpha value is -4.44. The molecule has 0 saturated heterocycles. The van der Waals surface area contributed by atoms with Gasteiger partial charge in [-0.05, 0) is 61.2 Å². The van der Waals surface area contributed by atoms with Gasteiger partial charge in [-0.3, -0.25) is 19.7 Å². The van der Waals surface area contributed by atoms with Gasteiger partial charge in [0.1, 0.15) is 11.3 Å². The molecule has 3 rings (SSSR count). The van der Waals surface area contributed by atoms with Crippen molar-refractivity contribution in [2.75, 3.05) is 0 Å². The maximum atomic E-state index is 13.4. The molecule has 0 unspecified atom stereocenters. The minimum absolute atomic E-state index is 0.00612. The minimum atomic E-state index is -0.665. The van der Waals surface area contributed by atoms with E-state index >= 15 is 0 Å².